The number of benzene rings is 1. The molecule has 0 heterocycles. The summed E-state index contributed by atoms with van der Waals surface area (Å²) in [6.07, 6.45) is 0. The lowest BCUT2D eigenvalue weighted by Crippen LogP contribution is -2.30. The zero-order valence-electron chi connectivity index (χ0n) is 10.6. The second-order valence-corrected chi connectivity index (χ2v) is 3.62. The smallest absolute Gasteiger partial charge is 0.325 e. The van der Waals surface area contributed by atoms with E-state index in [0.29, 0.717) is 18.8 Å². The Hall–Kier alpha value is -1.88. The highest BCUT2D eigenvalue weighted by Crippen LogP contribution is 2.05. The number of hydrogen-bond donors (Lipinski definition) is 1. The van der Waals surface area contributed by atoms with Crippen molar-refractivity contribution in [3.05, 3.63) is 35.4 Å². The molecule has 1 aromatic carbocycles. The third-order valence-corrected chi connectivity index (χ3v) is 2.23. The summed E-state index contributed by atoms with van der Waals surface area (Å²) in [4.78, 5) is 22.7. The zero-order valence-corrected chi connectivity index (χ0v) is 10.6. The third-order valence-electron chi connectivity index (χ3n) is 2.23. The van der Waals surface area contributed by atoms with Crippen molar-refractivity contribution in [3.63, 3.8) is 0 Å². The van der Waals surface area contributed by atoms with Crippen LogP contribution in [0.25, 0.3) is 0 Å². The lowest BCUT2D eigenvalue weighted by atomic mass is 10.1. The van der Waals surface area contributed by atoms with Crippen molar-refractivity contribution in [2.24, 2.45) is 0 Å². The van der Waals surface area contributed by atoms with Crippen LogP contribution in [0.1, 0.15) is 22.8 Å². The van der Waals surface area contributed by atoms with E-state index in [9.17, 15) is 9.59 Å². The molecule has 5 nitrogen and oxygen atoms in total. The summed E-state index contributed by atoms with van der Waals surface area (Å²) >= 11 is 0. The third kappa shape index (κ3) is 4.55. The molecular weight excluding hydrogens is 234 g/mol. The van der Waals surface area contributed by atoms with Crippen LogP contribution in [0.15, 0.2) is 24.3 Å². The van der Waals surface area contributed by atoms with E-state index in [2.05, 4.69) is 5.32 Å². The molecule has 1 amide bonds. The normalized spacial score (nSPS) is 9.89. The van der Waals surface area contributed by atoms with Crippen LogP contribution in [-0.4, -0.2) is 32.1 Å². The Labute approximate surface area is 106 Å². The molecule has 0 aliphatic carbocycles. The maximum Gasteiger partial charge on any atom is 0.325 e. The Morgan fingerprint density at radius 3 is 2.44 bits per heavy atom. The molecule has 5 heteroatoms. The van der Waals surface area contributed by atoms with Gasteiger partial charge in [-0.05, 0) is 24.6 Å². The van der Waals surface area contributed by atoms with E-state index in [-0.39, 0.29) is 12.5 Å². The predicted molar refractivity (Wildman–Crippen MR) is 66.1 cm³/mol. The van der Waals surface area contributed by atoms with E-state index < -0.39 is 5.97 Å². The molecule has 1 rings (SSSR count). The Bertz CT molecular complexity index is 400. The summed E-state index contributed by atoms with van der Waals surface area (Å²) in [5, 5.41) is 2.49. The number of esters is 1. The second-order valence-electron chi connectivity index (χ2n) is 3.62. The number of amides is 1. The highest BCUT2D eigenvalue weighted by molar-refractivity contribution is 5.95. The fourth-order valence-corrected chi connectivity index (χ4v) is 1.39. The molecule has 0 aliphatic rings. The van der Waals surface area contributed by atoms with Crippen molar-refractivity contribution in [2.75, 3.05) is 20.3 Å². The van der Waals surface area contributed by atoms with Crippen LogP contribution in [0.5, 0.6) is 0 Å². The first kappa shape index (κ1) is 14.2. The molecule has 0 unspecified atom stereocenters. The topological polar surface area (TPSA) is 64.6 Å². The van der Waals surface area contributed by atoms with E-state index in [1.54, 1.807) is 26.2 Å². The van der Waals surface area contributed by atoms with Gasteiger partial charge in [0, 0.05) is 12.7 Å². The van der Waals surface area contributed by atoms with E-state index in [0.717, 1.165) is 5.56 Å². The first-order chi connectivity index (χ1) is 8.67. The predicted octanol–water partition coefficient (Wildman–Crippen LogP) is 1.13. The van der Waals surface area contributed by atoms with E-state index in [4.69, 9.17) is 9.47 Å². The SMILES string of the molecule is CCOC(=O)CNC(=O)c1ccc(COC)cc1. The standard InChI is InChI=1S/C13H17NO4/c1-3-18-12(15)8-14-13(16)11-6-4-10(5-7-11)9-17-2/h4-7H,3,8-9H2,1-2H3,(H,14,16). The zero-order chi connectivity index (χ0) is 13.4. The molecule has 1 aromatic rings. The number of carbonyl (C=O) groups excluding carboxylic acids is 2. The van der Waals surface area contributed by atoms with Crippen molar-refractivity contribution in [1.82, 2.24) is 5.32 Å². The lowest BCUT2D eigenvalue weighted by Gasteiger charge is -2.05. The van der Waals surface area contributed by atoms with Crippen LogP contribution >= 0.6 is 0 Å². The number of carbonyl (C=O) groups is 2. The van der Waals surface area contributed by atoms with E-state index in [1.807, 2.05) is 12.1 Å². The molecule has 0 bridgehead atoms. The molecule has 0 saturated carbocycles. The van der Waals surface area contributed by atoms with Gasteiger partial charge in [-0.2, -0.15) is 0 Å². The molecular formula is C13H17NO4. The summed E-state index contributed by atoms with van der Waals surface area (Å²) in [6, 6.07) is 7.00. The van der Waals surface area contributed by atoms with Crippen LogP contribution in [0.3, 0.4) is 0 Å². The van der Waals surface area contributed by atoms with Gasteiger partial charge in [0.05, 0.1) is 13.2 Å². The Morgan fingerprint density at radius 1 is 1.22 bits per heavy atom. The van der Waals surface area contributed by atoms with Gasteiger partial charge < -0.3 is 14.8 Å². The second kappa shape index (κ2) is 7.45. The molecule has 18 heavy (non-hydrogen) atoms. The Morgan fingerprint density at radius 2 is 1.89 bits per heavy atom. The number of rotatable bonds is 6. The van der Waals surface area contributed by atoms with Crippen LogP contribution in [0.4, 0.5) is 0 Å². The number of methoxy groups -OCH3 is 1. The number of nitrogens with one attached hydrogen (secondary N) is 1. The van der Waals surface area contributed by atoms with Gasteiger partial charge in [-0.15, -0.1) is 0 Å². The molecule has 0 aliphatic heterocycles. The Balaban J connectivity index is 2.48. The van der Waals surface area contributed by atoms with Gasteiger partial charge in [0.25, 0.3) is 5.91 Å². The minimum absolute atomic E-state index is 0.119. The quantitative estimate of drug-likeness (QED) is 0.770. The van der Waals surface area contributed by atoms with Crippen molar-refractivity contribution in [1.29, 1.82) is 0 Å². The van der Waals surface area contributed by atoms with Crippen LogP contribution in [0.2, 0.25) is 0 Å². The minimum Gasteiger partial charge on any atom is -0.465 e. The van der Waals surface area contributed by atoms with Crippen molar-refractivity contribution < 1.29 is 19.1 Å². The van der Waals surface area contributed by atoms with Gasteiger partial charge in [-0.3, -0.25) is 9.59 Å². The van der Waals surface area contributed by atoms with Crippen LogP contribution in [0, 0.1) is 0 Å². The largest absolute Gasteiger partial charge is 0.465 e. The van der Waals surface area contributed by atoms with E-state index in [1.165, 1.54) is 0 Å². The lowest BCUT2D eigenvalue weighted by molar-refractivity contribution is -0.141. The first-order valence-corrected chi connectivity index (χ1v) is 5.69. The number of ether oxygens (including phenoxy) is 2. The first-order valence-electron chi connectivity index (χ1n) is 5.69. The molecule has 1 N–H and O–H groups in total. The maximum absolute atomic E-state index is 11.7. The summed E-state index contributed by atoms with van der Waals surface area (Å²) in [5.41, 5.74) is 1.48. The van der Waals surface area contributed by atoms with Crippen molar-refractivity contribution >= 4 is 11.9 Å². The molecule has 0 fully saturated rings. The monoisotopic (exact) mass is 251 g/mol. The van der Waals surface area contributed by atoms with Gasteiger partial charge in [0.1, 0.15) is 6.54 Å². The summed E-state index contributed by atoms with van der Waals surface area (Å²) in [5.74, 6) is -0.742. The number of hydrogen-bond acceptors (Lipinski definition) is 4. The van der Waals surface area contributed by atoms with Gasteiger partial charge in [0.2, 0.25) is 0 Å². The average Bonchev–Trinajstić information content (AvgIpc) is 2.37. The summed E-state index contributed by atoms with van der Waals surface area (Å²) in [6.45, 7) is 2.41. The van der Waals surface area contributed by atoms with Gasteiger partial charge >= 0.3 is 5.97 Å². The highest BCUT2D eigenvalue weighted by Gasteiger charge is 2.08. The van der Waals surface area contributed by atoms with Crippen LogP contribution < -0.4 is 5.32 Å². The Kier molecular flexibility index (Phi) is 5.87. The fraction of sp³-hybridized carbons (Fsp3) is 0.385. The summed E-state index contributed by atoms with van der Waals surface area (Å²) in [7, 11) is 1.61. The molecule has 0 radical (unpaired) electrons. The van der Waals surface area contributed by atoms with Gasteiger partial charge in [0.15, 0.2) is 0 Å². The maximum atomic E-state index is 11.7. The van der Waals surface area contributed by atoms with Gasteiger partial charge in [-0.25, -0.2) is 0 Å². The minimum atomic E-state index is -0.443. The van der Waals surface area contributed by atoms with Crippen LogP contribution in [-0.2, 0) is 20.9 Å². The summed E-state index contributed by atoms with van der Waals surface area (Å²) < 4.78 is 9.68. The molecule has 98 valence electrons. The molecule has 0 saturated heterocycles. The average molecular weight is 251 g/mol. The van der Waals surface area contributed by atoms with Crippen molar-refractivity contribution in [2.45, 2.75) is 13.5 Å². The molecule has 0 spiro atoms. The van der Waals surface area contributed by atoms with Crippen molar-refractivity contribution in [3.8, 4) is 0 Å². The van der Waals surface area contributed by atoms with E-state index >= 15 is 0 Å². The fourth-order valence-electron chi connectivity index (χ4n) is 1.39. The highest BCUT2D eigenvalue weighted by atomic mass is 16.5. The van der Waals surface area contributed by atoms with Gasteiger partial charge in [-0.1, -0.05) is 12.1 Å². The molecule has 0 atom stereocenters. The molecule has 0 aromatic heterocycles.